The van der Waals surface area contributed by atoms with Gasteiger partial charge in [0.05, 0.1) is 24.4 Å². The zero-order chi connectivity index (χ0) is 12.8. The molecular formula is C16H22O2. The number of hydrogen-bond acceptors (Lipinski definition) is 2. The van der Waals surface area contributed by atoms with Crippen molar-refractivity contribution in [3.8, 4) is 0 Å². The molecule has 98 valence electrons. The molecule has 3 rings (SSSR count). The van der Waals surface area contributed by atoms with E-state index >= 15 is 0 Å². The summed E-state index contributed by atoms with van der Waals surface area (Å²) in [7, 11) is 0. The topological polar surface area (TPSA) is 21.8 Å². The van der Waals surface area contributed by atoms with Crippen molar-refractivity contribution in [3.63, 3.8) is 0 Å². The predicted octanol–water partition coefficient (Wildman–Crippen LogP) is 3.55. The van der Waals surface area contributed by atoms with Crippen LogP contribution >= 0.6 is 0 Å². The summed E-state index contributed by atoms with van der Waals surface area (Å²) in [5.74, 6) is 0. The van der Waals surface area contributed by atoms with E-state index in [2.05, 4.69) is 45.0 Å². The summed E-state index contributed by atoms with van der Waals surface area (Å²) in [6, 6.07) is 10.4. The van der Waals surface area contributed by atoms with Gasteiger partial charge in [-0.25, -0.2) is 0 Å². The summed E-state index contributed by atoms with van der Waals surface area (Å²) in [4.78, 5) is 0. The monoisotopic (exact) mass is 246 g/mol. The molecular weight excluding hydrogens is 224 g/mol. The molecule has 2 heteroatoms. The van der Waals surface area contributed by atoms with E-state index in [0.717, 1.165) is 12.8 Å². The van der Waals surface area contributed by atoms with Crippen LogP contribution in [0.5, 0.6) is 0 Å². The van der Waals surface area contributed by atoms with Crippen LogP contribution in [0, 0.1) is 5.41 Å². The molecule has 0 amide bonds. The summed E-state index contributed by atoms with van der Waals surface area (Å²) in [6.45, 7) is 7.52. The third-order valence-corrected chi connectivity index (χ3v) is 4.31. The molecule has 0 unspecified atom stereocenters. The van der Waals surface area contributed by atoms with Gasteiger partial charge in [-0.2, -0.15) is 0 Å². The second-order valence-corrected chi connectivity index (χ2v) is 6.63. The molecule has 18 heavy (non-hydrogen) atoms. The van der Waals surface area contributed by atoms with Crippen molar-refractivity contribution in [2.45, 2.75) is 58.0 Å². The Balaban J connectivity index is 1.61. The van der Waals surface area contributed by atoms with Crippen molar-refractivity contribution < 1.29 is 9.47 Å². The van der Waals surface area contributed by atoms with Crippen molar-refractivity contribution >= 4 is 0 Å². The van der Waals surface area contributed by atoms with Crippen molar-refractivity contribution in [1.82, 2.24) is 0 Å². The number of rotatable bonds is 3. The average Bonchev–Trinajstić information content (AvgIpc) is 3.01. The molecule has 2 nitrogen and oxygen atoms in total. The Bertz CT molecular complexity index is 426. The van der Waals surface area contributed by atoms with E-state index in [9.17, 15) is 0 Å². The molecule has 1 aromatic rings. The van der Waals surface area contributed by atoms with Gasteiger partial charge in [-0.15, -0.1) is 0 Å². The molecule has 3 atom stereocenters. The quantitative estimate of drug-likeness (QED) is 0.761. The first-order valence-corrected chi connectivity index (χ1v) is 6.83. The van der Waals surface area contributed by atoms with Crippen LogP contribution in [0.1, 0.15) is 39.2 Å². The fourth-order valence-electron chi connectivity index (χ4n) is 3.50. The Morgan fingerprint density at radius 2 is 1.89 bits per heavy atom. The lowest BCUT2D eigenvalue weighted by Gasteiger charge is -2.34. The van der Waals surface area contributed by atoms with E-state index in [1.807, 2.05) is 6.07 Å². The normalized spacial score (nSPS) is 37.1. The molecule has 1 heterocycles. The first-order chi connectivity index (χ1) is 8.50. The second kappa shape index (κ2) is 4.07. The Hall–Kier alpha value is -0.860. The van der Waals surface area contributed by atoms with Gasteiger partial charge in [-0.05, 0) is 24.3 Å². The van der Waals surface area contributed by atoms with Crippen LogP contribution in [0.15, 0.2) is 30.3 Å². The van der Waals surface area contributed by atoms with Crippen LogP contribution in [-0.4, -0.2) is 17.8 Å². The number of benzene rings is 1. The lowest BCUT2D eigenvalue weighted by Crippen LogP contribution is -2.39. The minimum absolute atomic E-state index is 0.0725. The van der Waals surface area contributed by atoms with Crippen LogP contribution in [-0.2, 0) is 16.1 Å². The van der Waals surface area contributed by atoms with E-state index in [-0.39, 0.29) is 11.0 Å². The summed E-state index contributed by atoms with van der Waals surface area (Å²) >= 11 is 0. The van der Waals surface area contributed by atoms with Crippen LogP contribution < -0.4 is 0 Å². The average molecular weight is 246 g/mol. The van der Waals surface area contributed by atoms with Gasteiger partial charge in [0.2, 0.25) is 0 Å². The molecule has 0 N–H and O–H groups in total. The molecule has 2 aliphatic rings. The van der Waals surface area contributed by atoms with E-state index in [0.29, 0.717) is 18.8 Å². The van der Waals surface area contributed by atoms with Crippen LogP contribution in [0.2, 0.25) is 0 Å². The van der Waals surface area contributed by atoms with Gasteiger partial charge >= 0.3 is 0 Å². The van der Waals surface area contributed by atoms with Crippen molar-refractivity contribution in [3.05, 3.63) is 35.9 Å². The fraction of sp³-hybridized carbons (Fsp3) is 0.625. The smallest absolute Gasteiger partial charge is 0.0950 e. The maximum absolute atomic E-state index is 6.09. The lowest BCUT2D eigenvalue weighted by atomic mass is 9.71. The van der Waals surface area contributed by atoms with Gasteiger partial charge in [0.15, 0.2) is 0 Å². The van der Waals surface area contributed by atoms with Crippen LogP contribution in [0.25, 0.3) is 0 Å². The minimum atomic E-state index is 0.0725. The summed E-state index contributed by atoms with van der Waals surface area (Å²) in [5, 5.41) is 0. The highest BCUT2D eigenvalue weighted by Crippen LogP contribution is 2.56. The van der Waals surface area contributed by atoms with Gasteiger partial charge in [0, 0.05) is 6.42 Å². The van der Waals surface area contributed by atoms with E-state index in [1.54, 1.807) is 0 Å². The Kier molecular flexibility index (Phi) is 2.76. The van der Waals surface area contributed by atoms with Crippen molar-refractivity contribution in [1.29, 1.82) is 0 Å². The summed E-state index contributed by atoms with van der Waals surface area (Å²) in [6.07, 6.45) is 2.89. The Labute approximate surface area is 109 Å². The van der Waals surface area contributed by atoms with Crippen molar-refractivity contribution in [2.24, 2.45) is 5.41 Å². The highest BCUT2D eigenvalue weighted by molar-refractivity contribution is 5.14. The number of ether oxygens (including phenoxy) is 2. The van der Waals surface area contributed by atoms with Crippen LogP contribution in [0.4, 0.5) is 0 Å². The van der Waals surface area contributed by atoms with E-state index in [1.165, 1.54) is 5.56 Å². The third-order valence-electron chi connectivity index (χ3n) is 4.31. The molecule has 2 fully saturated rings. The highest BCUT2D eigenvalue weighted by Gasteiger charge is 2.63. The predicted molar refractivity (Wildman–Crippen MR) is 71.3 cm³/mol. The summed E-state index contributed by atoms with van der Waals surface area (Å²) in [5.41, 5.74) is 1.57. The summed E-state index contributed by atoms with van der Waals surface area (Å²) < 4.78 is 12.0. The van der Waals surface area contributed by atoms with E-state index in [4.69, 9.17) is 9.47 Å². The minimum Gasteiger partial charge on any atom is -0.373 e. The largest absolute Gasteiger partial charge is 0.373 e. The Morgan fingerprint density at radius 1 is 1.17 bits per heavy atom. The fourth-order valence-corrected chi connectivity index (χ4v) is 3.50. The number of fused-ring (bicyclic) bond motifs is 1. The van der Waals surface area contributed by atoms with Gasteiger partial charge < -0.3 is 9.47 Å². The van der Waals surface area contributed by atoms with Gasteiger partial charge in [-0.1, -0.05) is 44.2 Å². The van der Waals surface area contributed by atoms with Gasteiger partial charge in [-0.3, -0.25) is 0 Å². The zero-order valence-electron chi connectivity index (χ0n) is 11.5. The maximum Gasteiger partial charge on any atom is 0.0950 e. The second-order valence-electron chi connectivity index (χ2n) is 6.63. The molecule has 1 aliphatic heterocycles. The standard InChI is InChI=1S/C16H22O2/c1-15(2)9-13(10-16(3)14(15)18-16)17-11-12-7-5-4-6-8-12/h4-8,13-14H,9-11H2,1-3H3/t13-,14-,16+/m1/s1. The SMILES string of the molecule is CC1(C)C[C@@H](OCc2ccccc2)C[C@]2(C)O[C@H]12. The molecule has 0 bridgehead atoms. The maximum atomic E-state index is 6.09. The molecule has 1 aliphatic carbocycles. The highest BCUT2D eigenvalue weighted by atomic mass is 16.6. The molecule has 0 aromatic heterocycles. The first-order valence-electron chi connectivity index (χ1n) is 6.83. The molecule has 0 radical (unpaired) electrons. The third kappa shape index (κ3) is 2.19. The zero-order valence-corrected chi connectivity index (χ0v) is 11.5. The Morgan fingerprint density at radius 3 is 2.56 bits per heavy atom. The van der Waals surface area contributed by atoms with Gasteiger partial charge in [0.1, 0.15) is 0 Å². The molecule has 1 saturated carbocycles. The van der Waals surface area contributed by atoms with E-state index < -0.39 is 0 Å². The van der Waals surface area contributed by atoms with Crippen molar-refractivity contribution in [2.75, 3.05) is 0 Å². The molecule has 1 saturated heterocycles. The first kappa shape index (κ1) is 12.2. The van der Waals surface area contributed by atoms with Crippen LogP contribution in [0.3, 0.4) is 0 Å². The number of epoxide rings is 1. The molecule has 0 spiro atoms. The van der Waals surface area contributed by atoms with Gasteiger partial charge in [0.25, 0.3) is 0 Å². The lowest BCUT2D eigenvalue weighted by molar-refractivity contribution is -0.0144. The number of hydrogen-bond donors (Lipinski definition) is 0. The molecule has 1 aromatic carbocycles.